The standard InChI is InChI=1S/C43H52F2N12O5/c1-53-35-24-28(9-12-33(35)57(43(53)61)34-13-14-37(58)51-42(34)60)6-2-4-22-62-23-5-3-16-47-25-29-7-10-30(11-8-29)56-27-32(38(52-56)39(44)45)49-41(59)31-26-48-55-19-15-36(50-40(31)55)54-20-17-46-18-21-54/h7-12,15,19,24,26-27,34,39,42,46-47,60H,2-6,13-14,16-18,20-23,25H2,1H3,(H,49,59)(H,51,58). The Morgan fingerprint density at radius 3 is 2.55 bits per heavy atom. The molecule has 0 aliphatic carbocycles. The molecule has 2 aliphatic rings. The van der Waals surface area contributed by atoms with Crippen LogP contribution in [0, 0.1) is 0 Å². The number of carbonyl (C=O) groups excluding carboxylic acids is 2. The summed E-state index contributed by atoms with van der Waals surface area (Å²) in [5.74, 6) is -0.108. The van der Waals surface area contributed by atoms with Crippen LogP contribution in [-0.2, 0) is 29.5 Å². The molecule has 2 unspecified atom stereocenters. The van der Waals surface area contributed by atoms with Crippen LogP contribution >= 0.6 is 0 Å². The Morgan fingerprint density at radius 2 is 1.77 bits per heavy atom. The number of halogens is 2. The molecule has 19 heteroatoms. The number of aliphatic hydroxyl groups is 1. The van der Waals surface area contributed by atoms with Gasteiger partial charge in [-0.05, 0) is 86.5 Å². The Bertz CT molecular complexity index is 2560. The first kappa shape index (κ1) is 42.7. The van der Waals surface area contributed by atoms with Crippen molar-refractivity contribution < 1.29 is 28.2 Å². The van der Waals surface area contributed by atoms with Crippen molar-refractivity contribution in [1.29, 1.82) is 0 Å². The number of unbranched alkanes of at least 4 members (excludes halogenated alkanes) is 2. The lowest BCUT2D eigenvalue weighted by molar-refractivity contribution is -0.128. The minimum Gasteiger partial charge on any atom is -0.381 e. The van der Waals surface area contributed by atoms with E-state index in [1.165, 1.54) is 21.6 Å². The number of piperazine rings is 1. The zero-order valence-electron chi connectivity index (χ0n) is 34.6. The highest BCUT2D eigenvalue weighted by Gasteiger charge is 2.31. The number of fused-ring (bicyclic) bond motifs is 2. The van der Waals surface area contributed by atoms with Crippen molar-refractivity contribution in [3.63, 3.8) is 0 Å². The second-order valence-corrected chi connectivity index (χ2v) is 15.7. The van der Waals surface area contributed by atoms with Gasteiger partial charge in [-0.1, -0.05) is 18.2 Å². The first-order valence-electron chi connectivity index (χ1n) is 21.2. The van der Waals surface area contributed by atoms with E-state index in [0.29, 0.717) is 43.3 Å². The van der Waals surface area contributed by atoms with Gasteiger partial charge in [0.1, 0.15) is 17.6 Å². The summed E-state index contributed by atoms with van der Waals surface area (Å²) < 4.78 is 40.1. The van der Waals surface area contributed by atoms with Crippen LogP contribution in [0.4, 0.5) is 20.3 Å². The maximum atomic E-state index is 14.1. The van der Waals surface area contributed by atoms with E-state index in [1.807, 2.05) is 36.4 Å². The van der Waals surface area contributed by atoms with Crippen molar-refractivity contribution in [2.45, 2.75) is 70.2 Å². The number of benzene rings is 2. The van der Waals surface area contributed by atoms with Crippen LogP contribution in [0.5, 0.6) is 0 Å². The lowest BCUT2D eigenvalue weighted by atomic mass is 10.0. The minimum absolute atomic E-state index is 0.0925. The van der Waals surface area contributed by atoms with Gasteiger partial charge in [0, 0.05) is 65.6 Å². The Labute approximate surface area is 356 Å². The summed E-state index contributed by atoms with van der Waals surface area (Å²) in [5.41, 5.74) is 3.93. The molecule has 0 spiro atoms. The molecule has 0 saturated carbocycles. The maximum Gasteiger partial charge on any atom is 0.329 e. The lowest BCUT2D eigenvalue weighted by Gasteiger charge is -2.29. The summed E-state index contributed by atoms with van der Waals surface area (Å²) in [4.78, 5) is 44.9. The van der Waals surface area contributed by atoms with Crippen LogP contribution in [0.2, 0.25) is 0 Å². The predicted molar refractivity (Wildman–Crippen MR) is 229 cm³/mol. The number of ether oxygens (including phenoxy) is 1. The summed E-state index contributed by atoms with van der Waals surface area (Å²) in [6, 6.07) is 14.7. The van der Waals surface area contributed by atoms with E-state index >= 15 is 0 Å². The average Bonchev–Trinajstić information content (AvgIpc) is 3.97. The van der Waals surface area contributed by atoms with E-state index in [9.17, 15) is 28.3 Å². The van der Waals surface area contributed by atoms with Crippen molar-refractivity contribution in [1.82, 2.24) is 49.5 Å². The largest absolute Gasteiger partial charge is 0.381 e. The van der Waals surface area contributed by atoms with E-state index < -0.39 is 30.3 Å². The van der Waals surface area contributed by atoms with Gasteiger partial charge in [0.05, 0.1) is 40.8 Å². The van der Waals surface area contributed by atoms with Gasteiger partial charge >= 0.3 is 5.69 Å². The number of aromatic nitrogens is 7. The van der Waals surface area contributed by atoms with Gasteiger partial charge in [-0.3, -0.25) is 18.7 Å². The molecule has 0 bridgehead atoms. The number of amides is 2. The van der Waals surface area contributed by atoms with Crippen LogP contribution < -0.4 is 31.9 Å². The third-order valence-corrected chi connectivity index (χ3v) is 11.5. The first-order chi connectivity index (χ1) is 30.1. The second kappa shape index (κ2) is 19.4. The number of nitrogens with zero attached hydrogens (tertiary/aromatic N) is 8. The third-order valence-electron chi connectivity index (χ3n) is 11.5. The molecule has 2 atom stereocenters. The number of aliphatic hydroxyl groups excluding tert-OH is 1. The molecule has 62 heavy (non-hydrogen) atoms. The Balaban J connectivity index is 0.740. The van der Waals surface area contributed by atoms with Crippen molar-refractivity contribution in [3.8, 4) is 5.69 Å². The molecule has 2 aliphatic heterocycles. The van der Waals surface area contributed by atoms with Gasteiger partial charge < -0.3 is 36.0 Å². The average molecular weight is 855 g/mol. The minimum atomic E-state index is -2.91. The summed E-state index contributed by atoms with van der Waals surface area (Å²) >= 11 is 0. The monoisotopic (exact) mass is 854 g/mol. The molecule has 2 fully saturated rings. The van der Waals surface area contributed by atoms with Crippen LogP contribution in [0.25, 0.3) is 22.4 Å². The number of alkyl halides is 2. The number of imidazole rings is 1. The number of rotatable bonds is 18. The van der Waals surface area contributed by atoms with E-state index in [1.54, 1.807) is 34.5 Å². The van der Waals surface area contributed by atoms with Crippen molar-refractivity contribution >= 4 is 40.0 Å². The summed E-state index contributed by atoms with van der Waals surface area (Å²) in [7, 11) is 1.73. The molecule has 2 aromatic carbocycles. The number of carbonyl (C=O) groups is 2. The Hall–Kier alpha value is -6.02. The van der Waals surface area contributed by atoms with Gasteiger partial charge in [-0.15, -0.1) is 0 Å². The van der Waals surface area contributed by atoms with Gasteiger partial charge in [0.25, 0.3) is 12.3 Å². The third kappa shape index (κ3) is 9.55. The Kier molecular flexibility index (Phi) is 13.3. The summed E-state index contributed by atoms with van der Waals surface area (Å²) in [6.07, 6.45) is 5.74. The first-order valence-corrected chi connectivity index (χ1v) is 21.2. The van der Waals surface area contributed by atoms with E-state index in [0.717, 1.165) is 87.0 Å². The second-order valence-electron chi connectivity index (χ2n) is 15.7. The van der Waals surface area contributed by atoms with E-state index in [2.05, 4.69) is 41.3 Å². The molecule has 4 aromatic heterocycles. The van der Waals surface area contributed by atoms with Gasteiger partial charge in [-0.2, -0.15) is 10.2 Å². The fraction of sp³-hybridized carbons (Fsp3) is 0.442. The highest BCUT2D eigenvalue weighted by atomic mass is 19.3. The smallest absolute Gasteiger partial charge is 0.329 e. The molecule has 0 radical (unpaired) electrons. The topological polar surface area (TPSA) is 190 Å². The molecule has 8 rings (SSSR count). The molecular weight excluding hydrogens is 803 g/mol. The number of nitrogens with one attached hydrogen (secondary N) is 4. The molecule has 5 N–H and O–H groups in total. The molecule has 6 aromatic rings. The van der Waals surface area contributed by atoms with Gasteiger partial charge in [-0.25, -0.2) is 27.8 Å². The number of piperidine rings is 1. The summed E-state index contributed by atoms with van der Waals surface area (Å²) in [6.45, 7) is 5.99. The normalized spacial score (nSPS) is 17.0. The SMILES string of the molecule is Cn1c(=O)n(C2CCC(=O)NC2O)c2ccc(CCCCOCCCCNCc3ccc(-n4cc(NC(=O)c5cnn6ccc(N7CCNCC7)nc56)c(C(F)F)n4)cc3)cc21. The van der Waals surface area contributed by atoms with Crippen molar-refractivity contribution in [2.75, 3.05) is 56.2 Å². The molecular formula is C43H52F2N12O5. The van der Waals surface area contributed by atoms with Gasteiger partial charge in [0.15, 0.2) is 11.3 Å². The molecule has 6 heterocycles. The highest BCUT2D eigenvalue weighted by molar-refractivity contribution is 6.08. The highest BCUT2D eigenvalue weighted by Crippen LogP contribution is 2.29. The molecule has 328 valence electrons. The number of hydrogen-bond donors (Lipinski definition) is 5. The zero-order valence-corrected chi connectivity index (χ0v) is 34.6. The molecule has 2 amide bonds. The fourth-order valence-corrected chi connectivity index (χ4v) is 8.07. The van der Waals surface area contributed by atoms with E-state index in [-0.39, 0.29) is 29.3 Å². The van der Waals surface area contributed by atoms with Crippen LogP contribution in [0.3, 0.4) is 0 Å². The van der Waals surface area contributed by atoms with Gasteiger partial charge in [0.2, 0.25) is 5.91 Å². The van der Waals surface area contributed by atoms with Crippen LogP contribution in [0.15, 0.2) is 71.9 Å². The molecule has 2 saturated heterocycles. The molecule has 17 nitrogen and oxygen atoms in total. The van der Waals surface area contributed by atoms with Crippen LogP contribution in [-0.4, -0.2) is 103 Å². The van der Waals surface area contributed by atoms with E-state index in [4.69, 9.17) is 4.74 Å². The fourth-order valence-electron chi connectivity index (χ4n) is 8.07. The maximum absolute atomic E-state index is 14.1. The van der Waals surface area contributed by atoms with Crippen molar-refractivity contribution in [2.24, 2.45) is 7.05 Å². The predicted octanol–water partition coefficient (Wildman–Crippen LogP) is 3.85. The quantitative estimate of drug-likeness (QED) is 0.0791. The lowest BCUT2D eigenvalue weighted by Crippen LogP contribution is -2.47. The Morgan fingerprint density at radius 1 is 1.00 bits per heavy atom. The number of aryl methyl sites for hydroxylation is 2. The van der Waals surface area contributed by atoms with Crippen molar-refractivity contribution in [3.05, 3.63) is 100.0 Å². The van der Waals surface area contributed by atoms with Crippen LogP contribution in [0.1, 0.15) is 78.2 Å². The summed E-state index contributed by atoms with van der Waals surface area (Å²) in [5, 5.41) is 30.6. The number of anilines is 2. The zero-order chi connectivity index (χ0) is 43.2. The number of hydrogen-bond acceptors (Lipinski definition) is 11.